The Hall–Kier alpha value is -0.530. The lowest BCUT2D eigenvalue weighted by atomic mass is 9.93. The van der Waals surface area contributed by atoms with Gasteiger partial charge in [-0.2, -0.15) is 0 Å². The third kappa shape index (κ3) is 4.36. The first-order valence-corrected chi connectivity index (χ1v) is 3.75. The Kier molecular flexibility index (Phi) is 4.08. The summed E-state index contributed by atoms with van der Waals surface area (Å²) in [6.45, 7) is 6.33. The molecule has 2 heteroatoms. The van der Waals surface area contributed by atoms with Crippen LogP contribution in [0, 0.1) is 11.8 Å². The average Bonchev–Trinajstić information content (AvgIpc) is 1.82. The van der Waals surface area contributed by atoms with E-state index in [9.17, 15) is 4.79 Å². The van der Waals surface area contributed by atoms with Gasteiger partial charge in [0, 0.05) is 6.42 Å². The monoisotopic (exact) mass is 144 g/mol. The molecule has 60 valence electrons. The van der Waals surface area contributed by atoms with Crippen molar-refractivity contribution in [2.75, 3.05) is 0 Å². The summed E-state index contributed by atoms with van der Waals surface area (Å²) in [6.07, 6.45) is 1.10. The lowest BCUT2D eigenvalue weighted by Crippen LogP contribution is -2.06. The molecule has 1 atom stereocenters. The summed E-state index contributed by atoms with van der Waals surface area (Å²) in [6, 6.07) is 0. The van der Waals surface area contributed by atoms with Crippen LogP contribution in [0.3, 0.4) is 0 Å². The van der Waals surface area contributed by atoms with Gasteiger partial charge in [-0.05, 0) is 18.3 Å². The number of carbonyl (C=O) groups is 1. The van der Waals surface area contributed by atoms with Gasteiger partial charge in [-0.1, -0.05) is 20.8 Å². The Labute approximate surface area is 62.2 Å². The number of aliphatic carboxylic acids is 1. The summed E-state index contributed by atoms with van der Waals surface area (Å²) in [7, 11) is 0. The van der Waals surface area contributed by atoms with E-state index in [1.165, 1.54) is 0 Å². The van der Waals surface area contributed by atoms with E-state index in [0.717, 1.165) is 6.42 Å². The highest BCUT2D eigenvalue weighted by atomic mass is 16.4. The maximum atomic E-state index is 10.1. The van der Waals surface area contributed by atoms with Gasteiger partial charge in [-0.3, -0.25) is 4.79 Å². The molecule has 0 aliphatic carbocycles. The lowest BCUT2D eigenvalue weighted by molar-refractivity contribution is -0.137. The number of rotatable bonds is 4. The van der Waals surface area contributed by atoms with Crippen LogP contribution in [0.1, 0.15) is 33.6 Å². The van der Waals surface area contributed by atoms with Gasteiger partial charge >= 0.3 is 5.97 Å². The normalized spacial score (nSPS) is 13.6. The third-order valence-corrected chi connectivity index (χ3v) is 1.95. The van der Waals surface area contributed by atoms with Crippen LogP contribution in [0.4, 0.5) is 0 Å². The maximum absolute atomic E-state index is 10.1. The molecule has 0 saturated carbocycles. The SMILES string of the molecule is CC(C)C(C)CCC(=O)O. The molecule has 1 N–H and O–H groups in total. The Morgan fingerprint density at radius 1 is 1.40 bits per heavy atom. The molecule has 10 heavy (non-hydrogen) atoms. The third-order valence-electron chi connectivity index (χ3n) is 1.95. The second-order valence-electron chi connectivity index (χ2n) is 3.15. The van der Waals surface area contributed by atoms with Crippen LogP contribution in [0.25, 0.3) is 0 Å². The van der Waals surface area contributed by atoms with Crippen molar-refractivity contribution in [1.29, 1.82) is 0 Å². The number of carboxylic acid groups (broad SMARTS) is 1. The minimum atomic E-state index is -0.687. The molecule has 0 bridgehead atoms. The summed E-state index contributed by atoms with van der Waals surface area (Å²) >= 11 is 0. The van der Waals surface area contributed by atoms with Crippen LogP contribution in [-0.2, 0) is 4.79 Å². The quantitative estimate of drug-likeness (QED) is 0.656. The minimum absolute atomic E-state index is 0.305. The van der Waals surface area contributed by atoms with Crippen LogP contribution < -0.4 is 0 Å². The molecule has 0 spiro atoms. The highest BCUT2D eigenvalue weighted by Crippen LogP contribution is 2.15. The van der Waals surface area contributed by atoms with E-state index in [0.29, 0.717) is 18.3 Å². The molecule has 1 unspecified atom stereocenters. The van der Waals surface area contributed by atoms with Crippen LogP contribution in [0.15, 0.2) is 0 Å². The Morgan fingerprint density at radius 3 is 2.20 bits per heavy atom. The summed E-state index contributed by atoms with van der Waals surface area (Å²) in [5.41, 5.74) is 0. The van der Waals surface area contributed by atoms with E-state index in [1.54, 1.807) is 0 Å². The molecule has 0 rings (SSSR count). The highest BCUT2D eigenvalue weighted by molar-refractivity contribution is 5.66. The molecule has 0 aliphatic heterocycles. The van der Waals surface area contributed by atoms with Crippen LogP contribution in [-0.4, -0.2) is 11.1 Å². The van der Waals surface area contributed by atoms with E-state index in [1.807, 2.05) is 0 Å². The highest BCUT2D eigenvalue weighted by Gasteiger charge is 2.08. The fourth-order valence-corrected chi connectivity index (χ4v) is 0.684. The zero-order chi connectivity index (χ0) is 8.15. The molecule has 2 nitrogen and oxygen atoms in total. The molecule has 0 heterocycles. The van der Waals surface area contributed by atoms with E-state index in [2.05, 4.69) is 20.8 Å². The smallest absolute Gasteiger partial charge is 0.303 e. The topological polar surface area (TPSA) is 37.3 Å². The number of hydrogen-bond donors (Lipinski definition) is 1. The second-order valence-corrected chi connectivity index (χ2v) is 3.15. The van der Waals surface area contributed by atoms with Gasteiger partial charge in [0.25, 0.3) is 0 Å². The fourth-order valence-electron chi connectivity index (χ4n) is 0.684. The molecule has 0 fully saturated rings. The first kappa shape index (κ1) is 9.47. The predicted octanol–water partition coefficient (Wildman–Crippen LogP) is 2.14. The van der Waals surface area contributed by atoms with Crippen molar-refractivity contribution in [3.63, 3.8) is 0 Å². The van der Waals surface area contributed by atoms with E-state index >= 15 is 0 Å². The molecule has 0 radical (unpaired) electrons. The molecule has 0 amide bonds. The van der Waals surface area contributed by atoms with Crippen LogP contribution in [0.2, 0.25) is 0 Å². The Balaban J connectivity index is 3.39. The lowest BCUT2D eigenvalue weighted by Gasteiger charge is -2.12. The van der Waals surface area contributed by atoms with Gasteiger partial charge in [0.2, 0.25) is 0 Å². The molecular formula is C8H16O2. The first-order chi connectivity index (χ1) is 4.54. The molecule has 0 aromatic heterocycles. The zero-order valence-electron chi connectivity index (χ0n) is 6.92. The van der Waals surface area contributed by atoms with Gasteiger partial charge in [0.05, 0.1) is 0 Å². The first-order valence-electron chi connectivity index (χ1n) is 3.75. The van der Waals surface area contributed by atoms with Gasteiger partial charge in [0.15, 0.2) is 0 Å². The molecule has 0 saturated heterocycles. The number of carboxylic acids is 1. The van der Waals surface area contributed by atoms with E-state index in [4.69, 9.17) is 5.11 Å². The predicted molar refractivity (Wildman–Crippen MR) is 40.9 cm³/mol. The fraction of sp³-hybridized carbons (Fsp3) is 0.875. The van der Waals surface area contributed by atoms with Gasteiger partial charge in [0.1, 0.15) is 0 Å². The number of hydrogen-bond acceptors (Lipinski definition) is 1. The summed E-state index contributed by atoms with van der Waals surface area (Å²) in [4.78, 5) is 10.1. The second kappa shape index (κ2) is 4.31. The largest absolute Gasteiger partial charge is 0.481 e. The van der Waals surface area contributed by atoms with Crippen molar-refractivity contribution in [3.8, 4) is 0 Å². The molecule has 0 aliphatic rings. The van der Waals surface area contributed by atoms with Gasteiger partial charge in [-0.15, -0.1) is 0 Å². The van der Waals surface area contributed by atoms with E-state index < -0.39 is 5.97 Å². The van der Waals surface area contributed by atoms with Crippen molar-refractivity contribution in [3.05, 3.63) is 0 Å². The van der Waals surface area contributed by atoms with Gasteiger partial charge < -0.3 is 5.11 Å². The Morgan fingerprint density at radius 2 is 1.90 bits per heavy atom. The average molecular weight is 144 g/mol. The van der Waals surface area contributed by atoms with Crippen molar-refractivity contribution >= 4 is 5.97 Å². The summed E-state index contributed by atoms with van der Waals surface area (Å²) in [5.74, 6) is 0.433. The summed E-state index contributed by atoms with van der Waals surface area (Å²) < 4.78 is 0. The van der Waals surface area contributed by atoms with Crippen molar-refractivity contribution in [1.82, 2.24) is 0 Å². The van der Waals surface area contributed by atoms with Crippen molar-refractivity contribution in [2.24, 2.45) is 11.8 Å². The standard InChI is InChI=1S/C8H16O2/c1-6(2)7(3)4-5-8(9)10/h6-7H,4-5H2,1-3H3,(H,9,10). The van der Waals surface area contributed by atoms with E-state index in [-0.39, 0.29) is 0 Å². The minimum Gasteiger partial charge on any atom is -0.481 e. The maximum Gasteiger partial charge on any atom is 0.303 e. The van der Waals surface area contributed by atoms with Crippen LogP contribution in [0.5, 0.6) is 0 Å². The van der Waals surface area contributed by atoms with Gasteiger partial charge in [-0.25, -0.2) is 0 Å². The molecule has 0 aromatic carbocycles. The van der Waals surface area contributed by atoms with Crippen LogP contribution >= 0.6 is 0 Å². The van der Waals surface area contributed by atoms with Crippen molar-refractivity contribution < 1.29 is 9.90 Å². The van der Waals surface area contributed by atoms with Crippen molar-refractivity contribution in [2.45, 2.75) is 33.6 Å². The zero-order valence-corrected chi connectivity index (χ0v) is 6.92. The molecular weight excluding hydrogens is 128 g/mol. The molecule has 0 aromatic rings. The summed E-state index contributed by atoms with van der Waals surface area (Å²) in [5, 5.41) is 8.34. The Bertz CT molecular complexity index is 108.